The molecule has 8 heteroatoms. The Bertz CT molecular complexity index is 581. The van der Waals surface area contributed by atoms with Gasteiger partial charge < -0.3 is 42.5 Å². The predicted octanol–water partition coefficient (Wildman–Crippen LogP) is 8.01. The van der Waals surface area contributed by atoms with Crippen molar-refractivity contribution >= 4 is 0 Å². The number of hydrogen-bond donors (Lipinski definition) is 8. The van der Waals surface area contributed by atoms with Gasteiger partial charge in [-0.15, -0.1) is 0 Å². The third-order valence-electron chi connectivity index (χ3n) is 10.5. The van der Waals surface area contributed by atoms with E-state index in [1.165, 1.54) is 167 Å². The van der Waals surface area contributed by atoms with Gasteiger partial charge in [0.25, 0.3) is 0 Å². The lowest BCUT2D eigenvalue weighted by Crippen LogP contribution is -2.42. The highest BCUT2D eigenvalue weighted by Gasteiger charge is 2.15. The van der Waals surface area contributed by atoms with Gasteiger partial charge in [0.1, 0.15) is 0 Å². The van der Waals surface area contributed by atoms with Gasteiger partial charge in [0.2, 0.25) is 0 Å². The zero-order valence-electron chi connectivity index (χ0n) is 33.1. The first-order chi connectivity index (χ1) is 24.5. The van der Waals surface area contributed by atoms with Crippen LogP contribution >= 0.6 is 0 Å². The fraction of sp³-hybridized carbons (Fsp3) is 1.00. The molecule has 0 saturated heterocycles. The fourth-order valence-electron chi connectivity index (χ4n) is 6.86. The summed E-state index contributed by atoms with van der Waals surface area (Å²) in [6.07, 6.45) is 38.8. The number of unbranched alkanes of at least 4 members (excludes halogenated alkanes) is 28. The van der Waals surface area contributed by atoms with E-state index in [4.69, 9.17) is 11.5 Å². The molecular weight excluding hydrogens is 624 g/mol. The number of rotatable bonds is 43. The summed E-state index contributed by atoms with van der Waals surface area (Å²) in [4.78, 5) is 0. The van der Waals surface area contributed by atoms with Crippen molar-refractivity contribution in [3.05, 3.63) is 0 Å². The molecule has 0 saturated carbocycles. The van der Waals surface area contributed by atoms with E-state index < -0.39 is 12.2 Å². The zero-order chi connectivity index (χ0) is 36.6. The van der Waals surface area contributed by atoms with Crippen LogP contribution in [0.2, 0.25) is 0 Å². The molecule has 0 aliphatic carbocycles. The van der Waals surface area contributed by atoms with E-state index in [9.17, 15) is 20.4 Å². The Kier molecular flexibility index (Phi) is 41.2. The zero-order valence-corrected chi connectivity index (χ0v) is 33.1. The van der Waals surface area contributed by atoms with Crippen molar-refractivity contribution in [1.29, 1.82) is 0 Å². The Morgan fingerprint density at radius 3 is 0.720 bits per heavy atom. The summed E-state index contributed by atoms with van der Waals surface area (Å²) >= 11 is 0. The van der Waals surface area contributed by atoms with Gasteiger partial charge in [-0.25, -0.2) is 0 Å². The molecule has 4 unspecified atom stereocenters. The van der Waals surface area contributed by atoms with Crippen molar-refractivity contribution in [1.82, 2.24) is 10.6 Å². The van der Waals surface area contributed by atoms with Gasteiger partial charge in [0.15, 0.2) is 0 Å². The molecule has 0 rings (SSSR count). The maximum Gasteiger partial charge on any atom is 0.0935 e. The molecule has 0 spiro atoms. The van der Waals surface area contributed by atoms with Crippen molar-refractivity contribution in [3.8, 4) is 0 Å². The fourth-order valence-corrected chi connectivity index (χ4v) is 6.86. The second-order valence-corrected chi connectivity index (χ2v) is 15.5. The predicted molar refractivity (Wildman–Crippen MR) is 216 cm³/mol. The van der Waals surface area contributed by atoms with Crippen LogP contribution in [0.4, 0.5) is 0 Å². The lowest BCUT2D eigenvalue weighted by Gasteiger charge is -2.19. The minimum absolute atomic E-state index is 0.301. The molecular formula is C42H90N4O4. The van der Waals surface area contributed by atoms with Gasteiger partial charge in [-0.05, 0) is 38.8 Å². The normalized spacial score (nSPS) is 14.3. The molecule has 50 heavy (non-hydrogen) atoms. The summed E-state index contributed by atoms with van der Waals surface area (Å²) in [5.41, 5.74) is 10.9. The number of nitrogens with two attached hydrogens (primary N) is 2. The van der Waals surface area contributed by atoms with E-state index in [1.54, 1.807) is 0 Å². The quantitative estimate of drug-likeness (QED) is 0.0295. The second kappa shape index (κ2) is 41.4. The van der Waals surface area contributed by atoms with Crippen molar-refractivity contribution in [2.24, 2.45) is 11.5 Å². The Morgan fingerprint density at radius 1 is 0.300 bits per heavy atom. The first-order valence-electron chi connectivity index (χ1n) is 22.0. The lowest BCUT2D eigenvalue weighted by atomic mass is 10.0. The van der Waals surface area contributed by atoms with Gasteiger partial charge in [-0.2, -0.15) is 0 Å². The maximum absolute atomic E-state index is 10.3. The Labute approximate surface area is 311 Å². The van der Waals surface area contributed by atoms with Crippen LogP contribution < -0.4 is 22.1 Å². The average Bonchev–Trinajstić information content (AvgIpc) is 3.12. The third kappa shape index (κ3) is 38.9. The van der Waals surface area contributed by atoms with Crippen molar-refractivity contribution < 1.29 is 20.4 Å². The molecule has 0 heterocycles. The summed E-state index contributed by atoms with van der Waals surface area (Å²) < 4.78 is 0. The molecule has 0 radical (unpaired) electrons. The van der Waals surface area contributed by atoms with Crippen LogP contribution in [0, 0.1) is 0 Å². The smallest absolute Gasteiger partial charge is 0.0935 e. The highest BCUT2D eigenvalue weighted by molar-refractivity contribution is 4.72. The molecule has 302 valence electrons. The van der Waals surface area contributed by atoms with E-state index in [1.807, 2.05) is 0 Å². The largest absolute Gasteiger partial charge is 0.392 e. The van der Waals surface area contributed by atoms with Gasteiger partial charge in [0.05, 0.1) is 24.4 Å². The van der Waals surface area contributed by atoms with E-state index in [0.29, 0.717) is 26.2 Å². The standard InChI is InChI=1S/C42H90N4O4/c43-35-39(47)31-27-23-19-15-11-7-3-1-5-9-13-17-21-25-29-33-45-37-41(49)42(50)38-46-34-30-26-22-18-14-10-6-2-4-8-12-16-20-24-28-32-40(48)36-44/h39-42,45-50H,1-38,43-44H2. The molecule has 0 aliphatic rings. The minimum atomic E-state index is -0.712. The maximum atomic E-state index is 10.3. The van der Waals surface area contributed by atoms with Crippen LogP contribution in [0.1, 0.15) is 205 Å². The monoisotopic (exact) mass is 715 g/mol. The molecule has 0 fully saturated rings. The SMILES string of the molecule is NCC(O)CCCCCCCCCCCCCCCCCNCC(O)C(O)CNCCCCCCCCCCCCCCCCCC(O)CN. The Balaban J connectivity index is 3.26. The first-order valence-corrected chi connectivity index (χ1v) is 22.0. The molecule has 0 aromatic heterocycles. The summed E-state index contributed by atoms with van der Waals surface area (Å²) in [6.45, 7) is 3.54. The first kappa shape index (κ1) is 49.7. The number of hydrogen-bond acceptors (Lipinski definition) is 8. The molecule has 0 aromatic carbocycles. The van der Waals surface area contributed by atoms with E-state index >= 15 is 0 Å². The van der Waals surface area contributed by atoms with E-state index in [2.05, 4.69) is 10.6 Å². The Hall–Kier alpha value is -0.320. The van der Waals surface area contributed by atoms with Gasteiger partial charge in [0, 0.05) is 26.2 Å². The number of aliphatic hydroxyl groups excluding tert-OH is 4. The van der Waals surface area contributed by atoms with Crippen LogP contribution in [-0.2, 0) is 0 Å². The molecule has 0 amide bonds. The second-order valence-electron chi connectivity index (χ2n) is 15.5. The molecule has 8 nitrogen and oxygen atoms in total. The minimum Gasteiger partial charge on any atom is -0.392 e. The Morgan fingerprint density at radius 2 is 0.500 bits per heavy atom. The lowest BCUT2D eigenvalue weighted by molar-refractivity contribution is 0.0210. The molecule has 0 bridgehead atoms. The van der Waals surface area contributed by atoms with Crippen LogP contribution in [0.15, 0.2) is 0 Å². The van der Waals surface area contributed by atoms with Gasteiger partial charge in [-0.1, -0.05) is 180 Å². The molecule has 10 N–H and O–H groups in total. The highest BCUT2D eigenvalue weighted by atomic mass is 16.3. The summed E-state index contributed by atoms with van der Waals surface area (Å²) in [6, 6.07) is 0. The summed E-state index contributed by atoms with van der Waals surface area (Å²) in [5, 5.41) is 46.1. The highest BCUT2D eigenvalue weighted by Crippen LogP contribution is 2.15. The summed E-state index contributed by atoms with van der Waals surface area (Å²) in [7, 11) is 0. The van der Waals surface area contributed by atoms with Crippen LogP contribution in [0.3, 0.4) is 0 Å². The average molecular weight is 715 g/mol. The van der Waals surface area contributed by atoms with Gasteiger partial charge in [-0.3, -0.25) is 0 Å². The van der Waals surface area contributed by atoms with Crippen molar-refractivity contribution in [3.63, 3.8) is 0 Å². The van der Waals surface area contributed by atoms with Crippen LogP contribution in [0.5, 0.6) is 0 Å². The van der Waals surface area contributed by atoms with Crippen molar-refractivity contribution in [2.75, 3.05) is 39.3 Å². The van der Waals surface area contributed by atoms with E-state index in [0.717, 1.165) is 51.6 Å². The molecule has 0 aliphatic heterocycles. The van der Waals surface area contributed by atoms with Crippen LogP contribution in [0.25, 0.3) is 0 Å². The summed E-state index contributed by atoms with van der Waals surface area (Å²) in [5.74, 6) is 0. The molecule has 0 aromatic rings. The van der Waals surface area contributed by atoms with Crippen LogP contribution in [-0.4, -0.2) is 84.1 Å². The van der Waals surface area contributed by atoms with Crippen molar-refractivity contribution in [2.45, 2.75) is 230 Å². The molecule has 4 atom stereocenters. The topological polar surface area (TPSA) is 157 Å². The number of aliphatic hydroxyl groups is 4. The van der Waals surface area contributed by atoms with E-state index in [-0.39, 0.29) is 12.2 Å². The number of nitrogens with one attached hydrogen (secondary N) is 2. The van der Waals surface area contributed by atoms with Gasteiger partial charge >= 0.3 is 0 Å². The third-order valence-corrected chi connectivity index (χ3v) is 10.5.